The summed E-state index contributed by atoms with van der Waals surface area (Å²) in [7, 11) is 1.61. The molecule has 126 valence electrons. The van der Waals surface area contributed by atoms with Crippen molar-refractivity contribution in [2.45, 2.75) is 6.92 Å². The Balaban J connectivity index is 1.80. The highest BCUT2D eigenvalue weighted by molar-refractivity contribution is 6.02. The fourth-order valence-electron chi connectivity index (χ4n) is 2.47. The number of carbonyl (C=O) groups is 1. The maximum atomic E-state index is 12.3. The summed E-state index contributed by atoms with van der Waals surface area (Å²) in [6.45, 7) is 1.91. The predicted octanol–water partition coefficient (Wildman–Crippen LogP) is 3.84. The van der Waals surface area contributed by atoms with Crippen molar-refractivity contribution in [1.82, 2.24) is 9.78 Å². The summed E-state index contributed by atoms with van der Waals surface area (Å²) >= 11 is 0. The molecule has 0 saturated heterocycles. The molecular weight excluding hydrogens is 314 g/mol. The van der Waals surface area contributed by atoms with E-state index in [2.05, 4.69) is 10.4 Å². The van der Waals surface area contributed by atoms with E-state index in [1.54, 1.807) is 24.1 Å². The van der Waals surface area contributed by atoms with Crippen LogP contribution in [0.15, 0.2) is 66.9 Å². The standard InChI is InChI=1S/C20H19N3O2/c1-15-14-21-23(17-9-4-3-5-10-17)20(15)22-19(24)13-12-16-8-6-7-11-18(16)25-2/h3-14H,1-2H3,(H,22,24). The predicted molar refractivity (Wildman–Crippen MR) is 99.0 cm³/mol. The second-order valence-corrected chi connectivity index (χ2v) is 5.49. The van der Waals surface area contributed by atoms with Crippen molar-refractivity contribution in [2.75, 3.05) is 12.4 Å². The molecule has 1 aromatic heterocycles. The van der Waals surface area contributed by atoms with E-state index in [1.165, 1.54) is 6.08 Å². The minimum Gasteiger partial charge on any atom is -0.496 e. The number of aromatic nitrogens is 2. The van der Waals surface area contributed by atoms with Crippen LogP contribution >= 0.6 is 0 Å². The number of ether oxygens (including phenoxy) is 1. The van der Waals surface area contributed by atoms with E-state index in [-0.39, 0.29) is 5.91 Å². The third-order valence-corrected chi connectivity index (χ3v) is 3.75. The van der Waals surface area contributed by atoms with E-state index in [4.69, 9.17) is 4.74 Å². The van der Waals surface area contributed by atoms with Crippen LogP contribution in [0.25, 0.3) is 11.8 Å². The maximum absolute atomic E-state index is 12.3. The summed E-state index contributed by atoms with van der Waals surface area (Å²) in [6.07, 6.45) is 4.94. The molecule has 1 N–H and O–H groups in total. The topological polar surface area (TPSA) is 56.1 Å². The van der Waals surface area contributed by atoms with Crippen LogP contribution in [0.2, 0.25) is 0 Å². The van der Waals surface area contributed by atoms with Gasteiger partial charge in [0.25, 0.3) is 0 Å². The molecule has 0 saturated carbocycles. The highest BCUT2D eigenvalue weighted by atomic mass is 16.5. The van der Waals surface area contributed by atoms with Gasteiger partial charge in [0.2, 0.25) is 5.91 Å². The molecule has 0 aliphatic rings. The van der Waals surface area contributed by atoms with Crippen molar-refractivity contribution >= 4 is 17.8 Å². The summed E-state index contributed by atoms with van der Waals surface area (Å²) in [5.74, 6) is 1.14. The number of nitrogens with one attached hydrogen (secondary N) is 1. The molecule has 0 atom stereocenters. The van der Waals surface area contributed by atoms with Crippen LogP contribution in [0.4, 0.5) is 5.82 Å². The molecule has 0 bridgehead atoms. The summed E-state index contributed by atoms with van der Waals surface area (Å²) in [6, 6.07) is 17.2. The van der Waals surface area contributed by atoms with Gasteiger partial charge in [-0.15, -0.1) is 0 Å². The Morgan fingerprint density at radius 1 is 1.12 bits per heavy atom. The monoisotopic (exact) mass is 333 g/mol. The lowest BCUT2D eigenvalue weighted by molar-refractivity contribution is -0.111. The van der Waals surface area contributed by atoms with Gasteiger partial charge in [-0.25, -0.2) is 4.68 Å². The number of nitrogens with zero attached hydrogens (tertiary/aromatic N) is 2. The van der Waals surface area contributed by atoms with Crippen molar-refractivity contribution in [3.8, 4) is 11.4 Å². The number of hydrogen-bond acceptors (Lipinski definition) is 3. The van der Waals surface area contributed by atoms with Gasteiger partial charge in [0.05, 0.1) is 19.0 Å². The van der Waals surface area contributed by atoms with Gasteiger partial charge >= 0.3 is 0 Å². The number of anilines is 1. The van der Waals surface area contributed by atoms with Gasteiger partial charge in [0.15, 0.2) is 0 Å². The average molecular weight is 333 g/mol. The van der Waals surface area contributed by atoms with Crippen LogP contribution in [-0.4, -0.2) is 22.8 Å². The molecule has 5 heteroatoms. The number of methoxy groups -OCH3 is 1. The Morgan fingerprint density at radius 3 is 2.60 bits per heavy atom. The number of amides is 1. The van der Waals surface area contributed by atoms with Gasteiger partial charge in [-0.2, -0.15) is 5.10 Å². The van der Waals surface area contributed by atoms with Gasteiger partial charge in [-0.05, 0) is 31.2 Å². The molecule has 3 aromatic rings. The number of carbonyl (C=O) groups excluding carboxylic acids is 1. The summed E-state index contributed by atoms with van der Waals surface area (Å²) in [5, 5.41) is 7.24. The lowest BCUT2D eigenvalue weighted by Gasteiger charge is -2.09. The quantitative estimate of drug-likeness (QED) is 0.722. The Morgan fingerprint density at radius 2 is 1.84 bits per heavy atom. The van der Waals surface area contributed by atoms with Crippen molar-refractivity contribution in [3.63, 3.8) is 0 Å². The lowest BCUT2D eigenvalue weighted by Crippen LogP contribution is -2.13. The number of hydrogen-bond donors (Lipinski definition) is 1. The van der Waals surface area contributed by atoms with Crippen LogP contribution in [0, 0.1) is 6.92 Å². The smallest absolute Gasteiger partial charge is 0.249 e. The Bertz CT molecular complexity index is 898. The van der Waals surface area contributed by atoms with Crippen molar-refractivity contribution < 1.29 is 9.53 Å². The second kappa shape index (κ2) is 7.49. The largest absolute Gasteiger partial charge is 0.496 e. The van der Waals surface area contributed by atoms with Crippen LogP contribution in [0.5, 0.6) is 5.75 Å². The van der Waals surface area contributed by atoms with E-state index in [9.17, 15) is 4.79 Å². The lowest BCUT2D eigenvalue weighted by atomic mass is 10.2. The number of benzene rings is 2. The first-order valence-corrected chi connectivity index (χ1v) is 7.91. The first-order chi connectivity index (χ1) is 12.2. The third-order valence-electron chi connectivity index (χ3n) is 3.75. The fourth-order valence-corrected chi connectivity index (χ4v) is 2.47. The average Bonchev–Trinajstić information content (AvgIpc) is 3.01. The molecule has 5 nitrogen and oxygen atoms in total. The Hall–Kier alpha value is -3.34. The van der Waals surface area contributed by atoms with Crippen molar-refractivity contribution in [3.05, 3.63) is 78.0 Å². The highest BCUT2D eigenvalue weighted by Gasteiger charge is 2.11. The number of rotatable bonds is 5. The van der Waals surface area contributed by atoms with Gasteiger partial charge in [0, 0.05) is 17.2 Å². The van der Waals surface area contributed by atoms with Gasteiger partial charge in [-0.3, -0.25) is 4.79 Å². The van der Waals surface area contributed by atoms with Crippen LogP contribution in [0.3, 0.4) is 0 Å². The molecule has 0 aliphatic heterocycles. The normalized spacial score (nSPS) is 10.8. The maximum Gasteiger partial charge on any atom is 0.249 e. The van der Waals surface area contributed by atoms with E-state index in [0.717, 1.165) is 22.6 Å². The third kappa shape index (κ3) is 3.77. The molecule has 0 radical (unpaired) electrons. The zero-order chi connectivity index (χ0) is 17.6. The minimum atomic E-state index is -0.230. The van der Waals surface area contributed by atoms with Crippen LogP contribution in [-0.2, 0) is 4.79 Å². The summed E-state index contributed by atoms with van der Waals surface area (Å²) in [4.78, 5) is 12.3. The zero-order valence-electron chi connectivity index (χ0n) is 14.1. The Labute approximate surface area is 146 Å². The van der Waals surface area contributed by atoms with Crippen molar-refractivity contribution in [1.29, 1.82) is 0 Å². The van der Waals surface area contributed by atoms with Gasteiger partial charge < -0.3 is 10.1 Å². The Kier molecular flexibility index (Phi) is 4.95. The molecule has 25 heavy (non-hydrogen) atoms. The van der Waals surface area contributed by atoms with Crippen LogP contribution < -0.4 is 10.1 Å². The second-order valence-electron chi connectivity index (χ2n) is 5.49. The summed E-state index contributed by atoms with van der Waals surface area (Å²) < 4.78 is 6.99. The van der Waals surface area contributed by atoms with E-state index in [0.29, 0.717) is 5.82 Å². The van der Waals surface area contributed by atoms with E-state index in [1.807, 2.05) is 61.5 Å². The van der Waals surface area contributed by atoms with Crippen LogP contribution in [0.1, 0.15) is 11.1 Å². The molecular formula is C20H19N3O2. The molecule has 1 heterocycles. The van der Waals surface area contributed by atoms with E-state index < -0.39 is 0 Å². The molecule has 0 unspecified atom stereocenters. The molecule has 0 spiro atoms. The molecule has 1 amide bonds. The van der Waals surface area contributed by atoms with Gasteiger partial charge in [0.1, 0.15) is 11.6 Å². The van der Waals surface area contributed by atoms with Gasteiger partial charge in [-0.1, -0.05) is 36.4 Å². The first-order valence-electron chi connectivity index (χ1n) is 7.91. The SMILES string of the molecule is COc1ccccc1C=CC(=O)Nc1c(C)cnn1-c1ccccc1. The van der Waals surface area contributed by atoms with E-state index >= 15 is 0 Å². The highest BCUT2D eigenvalue weighted by Crippen LogP contribution is 2.21. The fraction of sp³-hybridized carbons (Fsp3) is 0.100. The minimum absolute atomic E-state index is 0.230. The summed E-state index contributed by atoms with van der Waals surface area (Å²) in [5.41, 5.74) is 2.62. The number of para-hydroxylation sites is 2. The van der Waals surface area contributed by atoms with Crippen molar-refractivity contribution in [2.24, 2.45) is 0 Å². The first kappa shape index (κ1) is 16.5. The molecule has 3 rings (SSSR count). The molecule has 0 fully saturated rings. The zero-order valence-corrected chi connectivity index (χ0v) is 14.1. The molecule has 2 aromatic carbocycles. The number of aryl methyl sites for hydroxylation is 1. The molecule has 0 aliphatic carbocycles.